The molecule has 0 bridgehead atoms. The van der Waals surface area contributed by atoms with Crippen molar-refractivity contribution < 1.29 is 4.74 Å². The average molecular weight is 357 g/mol. The second-order valence-corrected chi connectivity index (χ2v) is 8.67. The zero-order valence-corrected chi connectivity index (χ0v) is 16.4. The SMILES string of the molecule is c1cc2c(cc1OCCCCN1CCCCC1)CC(CN1CCCC1)C2. The molecule has 2 saturated heterocycles. The summed E-state index contributed by atoms with van der Waals surface area (Å²) in [6.45, 7) is 8.67. The van der Waals surface area contributed by atoms with Crippen LogP contribution in [0, 0.1) is 5.92 Å². The fourth-order valence-corrected chi connectivity index (χ4v) is 5.05. The highest BCUT2D eigenvalue weighted by Crippen LogP contribution is 2.31. The van der Waals surface area contributed by atoms with Crippen LogP contribution in [-0.2, 0) is 12.8 Å². The van der Waals surface area contributed by atoms with Gasteiger partial charge in [0, 0.05) is 6.54 Å². The van der Waals surface area contributed by atoms with Crippen molar-refractivity contribution in [2.75, 3.05) is 45.9 Å². The Bertz CT molecular complexity index is 561. The number of hydrogen-bond donors (Lipinski definition) is 0. The Morgan fingerprint density at radius 2 is 1.54 bits per heavy atom. The molecule has 1 aliphatic carbocycles. The van der Waals surface area contributed by atoms with E-state index in [1.807, 2.05) is 0 Å². The van der Waals surface area contributed by atoms with Gasteiger partial charge in [0.15, 0.2) is 0 Å². The molecule has 1 aromatic carbocycles. The highest BCUT2D eigenvalue weighted by atomic mass is 16.5. The summed E-state index contributed by atoms with van der Waals surface area (Å²) in [5, 5.41) is 0. The molecule has 0 radical (unpaired) electrons. The molecule has 3 aliphatic rings. The maximum absolute atomic E-state index is 6.06. The third-order valence-corrected chi connectivity index (χ3v) is 6.50. The highest BCUT2D eigenvalue weighted by Gasteiger charge is 2.25. The number of unbranched alkanes of at least 4 members (excludes halogenated alkanes) is 1. The summed E-state index contributed by atoms with van der Waals surface area (Å²) in [5.74, 6) is 1.91. The lowest BCUT2D eigenvalue weighted by molar-refractivity contribution is 0.216. The van der Waals surface area contributed by atoms with E-state index in [-0.39, 0.29) is 0 Å². The van der Waals surface area contributed by atoms with Crippen molar-refractivity contribution >= 4 is 0 Å². The van der Waals surface area contributed by atoms with Crippen molar-refractivity contribution in [1.82, 2.24) is 9.80 Å². The first kappa shape index (κ1) is 18.3. The van der Waals surface area contributed by atoms with Crippen molar-refractivity contribution in [2.45, 2.75) is 57.8 Å². The fraction of sp³-hybridized carbons (Fsp3) is 0.739. The number of nitrogens with zero attached hydrogens (tertiary/aromatic N) is 2. The molecule has 1 unspecified atom stereocenters. The minimum Gasteiger partial charge on any atom is -0.494 e. The molecular weight excluding hydrogens is 320 g/mol. The summed E-state index contributed by atoms with van der Waals surface area (Å²) < 4.78 is 6.06. The van der Waals surface area contributed by atoms with Crippen LogP contribution < -0.4 is 4.74 Å². The Kier molecular flexibility index (Phi) is 6.50. The van der Waals surface area contributed by atoms with Crippen LogP contribution >= 0.6 is 0 Å². The summed E-state index contributed by atoms with van der Waals surface area (Å²) in [4.78, 5) is 5.29. The van der Waals surface area contributed by atoms with Gasteiger partial charge in [-0.25, -0.2) is 0 Å². The molecule has 1 atom stereocenters. The molecule has 2 heterocycles. The lowest BCUT2D eigenvalue weighted by atomic mass is 10.1. The van der Waals surface area contributed by atoms with Crippen LogP contribution in [0.15, 0.2) is 18.2 Å². The van der Waals surface area contributed by atoms with Gasteiger partial charge in [0.2, 0.25) is 0 Å². The van der Waals surface area contributed by atoms with E-state index >= 15 is 0 Å². The first-order valence-electron chi connectivity index (χ1n) is 11.1. The lowest BCUT2D eigenvalue weighted by Crippen LogP contribution is -2.30. The fourth-order valence-electron chi connectivity index (χ4n) is 5.05. The Labute approximate surface area is 159 Å². The number of benzene rings is 1. The topological polar surface area (TPSA) is 15.7 Å². The van der Waals surface area contributed by atoms with E-state index in [1.165, 1.54) is 97.1 Å². The zero-order chi connectivity index (χ0) is 17.6. The van der Waals surface area contributed by atoms with Crippen LogP contribution in [0.5, 0.6) is 5.75 Å². The summed E-state index contributed by atoms with van der Waals surface area (Å²) in [7, 11) is 0. The Morgan fingerprint density at radius 1 is 0.808 bits per heavy atom. The van der Waals surface area contributed by atoms with Gasteiger partial charge in [-0.05, 0) is 113 Å². The maximum Gasteiger partial charge on any atom is 0.119 e. The van der Waals surface area contributed by atoms with Crippen LogP contribution in [0.2, 0.25) is 0 Å². The minimum absolute atomic E-state index is 0.822. The quantitative estimate of drug-likeness (QED) is 0.651. The zero-order valence-electron chi connectivity index (χ0n) is 16.4. The molecule has 0 aromatic heterocycles. The lowest BCUT2D eigenvalue weighted by Gasteiger charge is -2.26. The van der Waals surface area contributed by atoms with Gasteiger partial charge in [0.1, 0.15) is 5.75 Å². The Balaban J connectivity index is 1.16. The summed E-state index contributed by atoms with van der Waals surface area (Å²) in [6.07, 6.45) is 12.0. The third-order valence-electron chi connectivity index (χ3n) is 6.50. The molecular formula is C23H36N2O. The van der Waals surface area contributed by atoms with Crippen molar-refractivity contribution in [3.8, 4) is 5.75 Å². The van der Waals surface area contributed by atoms with Crippen LogP contribution in [0.3, 0.4) is 0 Å². The minimum atomic E-state index is 0.822. The molecule has 0 amide bonds. The predicted molar refractivity (Wildman–Crippen MR) is 108 cm³/mol. The molecule has 3 heteroatoms. The molecule has 2 fully saturated rings. The van der Waals surface area contributed by atoms with Gasteiger partial charge in [-0.2, -0.15) is 0 Å². The van der Waals surface area contributed by atoms with E-state index in [9.17, 15) is 0 Å². The predicted octanol–water partition coefficient (Wildman–Crippen LogP) is 4.14. The van der Waals surface area contributed by atoms with Crippen LogP contribution in [0.4, 0.5) is 0 Å². The van der Waals surface area contributed by atoms with Crippen LogP contribution in [-0.4, -0.2) is 55.7 Å². The number of rotatable bonds is 8. The molecule has 144 valence electrons. The molecule has 4 rings (SSSR count). The molecule has 0 saturated carbocycles. The summed E-state index contributed by atoms with van der Waals surface area (Å²) in [6, 6.07) is 6.84. The molecule has 26 heavy (non-hydrogen) atoms. The van der Waals surface area contributed by atoms with Crippen LogP contribution in [0.1, 0.15) is 56.1 Å². The van der Waals surface area contributed by atoms with Gasteiger partial charge in [-0.1, -0.05) is 12.5 Å². The van der Waals surface area contributed by atoms with E-state index < -0.39 is 0 Å². The number of likely N-dealkylation sites (tertiary alicyclic amines) is 2. The number of ether oxygens (including phenoxy) is 1. The second-order valence-electron chi connectivity index (χ2n) is 8.67. The van der Waals surface area contributed by atoms with Gasteiger partial charge in [-0.3, -0.25) is 0 Å². The molecule has 2 aliphatic heterocycles. The highest BCUT2D eigenvalue weighted by molar-refractivity contribution is 5.39. The van der Waals surface area contributed by atoms with Gasteiger partial charge < -0.3 is 14.5 Å². The Morgan fingerprint density at radius 3 is 2.38 bits per heavy atom. The van der Waals surface area contributed by atoms with E-state index in [0.29, 0.717) is 0 Å². The van der Waals surface area contributed by atoms with Crippen molar-refractivity contribution in [2.24, 2.45) is 5.92 Å². The van der Waals surface area contributed by atoms with Crippen molar-refractivity contribution in [3.63, 3.8) is 0 Å². The molecule has 1 aromatic rings. The number of piperidine rings is 1. The molecule has 3 nitrogen and oxygen atoms in total. The van der Waals surface area contributed by atoms with Gasteiger partial charge in [0.05, 0.1) is 6.61 Å². The van der Waals surface area contributed by atoms with Gasteiger partial charge >= 0.3 is 0 Å². The Hall–Kier alpha value is -1.06. The number of hydrogen-bond acceptors (Lipinski definition) is 3. The van der Waals surface area contributed by atoms with Gasteiger partial charge in [0.25, 0.3) is 0 Å². The summed E-state index contributed by atoms with van der Waals surface area (Å²) >= 11 is 0. The van der Waals surface area contributed by atoms with E-state index in [1.54, 1.807) is 11.1 Å². The average Bonchev–Trinajstić information content (AvgIpc) is 3.31. The molecule has 0 spiro atoms. The first-order chi connectivity index (χ1) is 12.9. The van der Waals surface area contributed by atoms with Crippen molar-refractivity contribution in [1.29, 1.82) is 0 Å². The van der Waals surface area contributed by atoms with Crippen molar-refractivity contribution in [3.05, 3.63) is 29.3 Å². The largest absolute Gasteiger partial charge is 0.494 e. The van der Waals surface area contributed by atoms with Crippen LogP contribution in [0.25, 0.3) is 0 Å². The van der Waals surface area contributed by atoms with E-state index in [2.05, 4.69) is 28.0 Å². The third kappa shape index (κ3) is 5.01. The summed E-state index contributed by atoms with van der Waals surface area (Å²) in [5.41, 5.74) is 3.10. The maximum atomic E-state index is 6.06. The van der Waals surface area contributed by atoms with E-state index in [0.717, 1.165) is 18.3 Å². The smallest absolute Gasteiger partial charge is 0.119 e. The standard InChI is InChI=1S/C23H36N2O/c1-2-10-24(11-3-1)12-6-7-15-26-23-9-8-21-16-20(17-22(21)18-23)19-25-13-4-5-14-25/h8-9,18,20H,1-7,10-17,19H2. The molecule has 0 N–H and O–H groups in total. The first-order valence-corrected chi connectivity index (χ1v) is 11.1. The van der Waals surface area contributed by atoms with E-state index in [4.69, 9.17) is 4.74 Å². The second kappa shape index (κ2) is 9.23. The normalized spacial score (nSPS) is 24.1. The monoisotopic (exact) mass is 356 g/mol. The van der Waals surface area contributed by atoms with Gasteiger partial charge in [-0.15, -0.1) is 0 Å². The number of fused-ring (bicyclic) bond motifs is 1.